The summed E-state index contributed by atoms with van der Waals surface area (Å²) in [5.74, 6) is 2.36. The lowest BCUT2D eigenvalue weighted by Crippen LogP contribution is -2.34. The van der Waals surface area contributed by atoms with E-state index in [0.717, 1.165) is 31.1 Å². The summed E-state index contributed by atoms with van der Waals surface area (Å²) in [6.07, 6.45) is 8.51. The molecular weight excluding hydrogens is 1030 g/mol. The standard InChI is InChI=1S/C33H35N3O6.C27H24ClN3O6/c1-39-30-20-26-28(21-31(30)40-19-7-12-27(34)33(38)42-24-10-5-6-11-24)35-18-17-29(26)41-25-15-13-23(14-16-25)36-32(37)22-8-3-2-4-9-22;1-35-24-14-20-22(15-25(24)36-13-11-21(29)27(33)34)30-12-10-23(20)37-19-8-6-18(7-9-19)31-26(32)16-2-4-17(28)5-3-16/h2-4,8-9,13-18,20-21,24,27H,5-7,10-12,19,34H2,1H3,(H,36,37);2-10,12,14-15,21H,11,13,29H2,1H3,(H,31,32)(H,33,34)/t27-;21-/m00/s1. The number of carbonyl (C=O) groups excluding carboxylic acids is 3. The molecule has 8 aromatic rings. The highest BCUT2D eigenvalue weighted by molar-refractivity contribution is 6.30. The van der Waals surface area contributed by atoms with E-state index >= 15 is 0 Å². The van der Waals surface area contributed by atoms with Gasteiger partial charge in [-0.2, -0.15) is 0 Å². The fourth-order valence-electron chi connectivity index (χ4n) is 8.32. The molecule has 18 nitrogen and oxygen atoms in total. The fraction of sp³-hybridized carbons (Fsp3) is 0.233. The van der Waals surface area contributed by atoms with Crippen molar-refractivity contribution < 1.29 is 57.4 Å². The van der Waals surface area contributed by atoms with Gasteiger partial charge in [0.1, 0.15) is 41.2 Å². The maximum Gasteiger partial charge on any atom is 0.323 e. The van der Waals surface area contributed by atoms with E-state index < -0.39 is 18.1 Å². The number of fused-ring (bicyclic) bond motifs is 2. The molecule has 9 rings (SSSR count). The van der Waals surface area contributed by atoms with Crippen molar-refractivity contribution >= 4 is 68.5 Å². The first kappa shape index (κ1) is 56.2. The highest BCUT2D eigenvalue weighted by Gasteiger charge is 2.23. The Hall–Kier alpha value is -8.97. The Balaban J connectivity index is 0.000000210. The number of nitrogens with zero attached hydrogens (tertiary/aromatic N) is 2. The van der Waals surface area contributed by atoms with Crippen LogP contribution in [0.25, 0.3) is 21.8 Å². The van der Waals surface area contributed by atoms with Gasteiger partial charge >= 0.3 is 11.9 Å². The molecule has 1 fully saturated rings. The summed E-state index contributed by atoms with van der Waals surface area (Å²) in [7, 11) is 3.08. The molecule has 408 valence electrons. The molecule has 2 aromatic heterocycles. The zero-order valence-corrected chi connectivity index (χ0v) is 44.2. The monoisotopic (exact) mass is 1090 g/mol. The maximum atomic E-state index is 12.4. The Bertz CT molecular complexity index is 3360. The number of rotatable bonds is 22. The Morgan fingerprint density at radius 3 is 1.58 bits per heavy atom. The minimum Gasteiger partial charge on any atom is -0.493 e. The molecular formula is C60H59ClN6O12. The van der Waals surface area contributed by atoms with Gasteiger partial charge in [0.25, 0.3) is 11.8 Å². The highest BCUT2D eigenvalue weighted by atomic mass is 35.5. The van der Waals surface area contributed by atoms with E-state index in [2.05, 4.69) is 20.6 Å². The summed E-state index contributed by atoms with van der Waals surface area (Å²) in [6, 6.07) is 38.6. The van der Waals surface area contributed by atoms with E-state index in [9.17, 15) is 19.2 Å². The number of hydrogen-bond donors (Lipinski definition) is 5. The number of ether oxygens (including phenoxy) is 7. The second kappa shape index (κ2) is 27.4. The quantitative estimate of drug-likeness (QED) is 0.0312. The van der Waals surface area contributed by atoms with Crippen molar-refractivity contribution in [1.82, 2.24) is 9.97 Å². The van der Waals surface area contributed by atoms with Crippen LogP contribution in [0.5, 0.6) is 46.0 Å². The molecule has 6 aromatic carbocycles. The van der Waals surface area contributed by atoms with Crippen molar-refractivity contribution in [3.8, 4) is 46.0 Å². The smallest absolute Gasteiger partial charge is 0.323 e. The van der Waals surface area contributed by atoms with Crippen LogP contribution >= 0.6 is 11.6 Å². The van der Waals surface area contributed by atoms with Gasteiger partial charge in [0.05, 0.1) is 38.5 Å². The van der Waals surface area contributed by atoms with Crippen LogP contribution in [0.1, 0.15) is 65.7 Å². The number of benzene rings is 6. The molecule has 0 saturated heterocycles. The predicted octanol–water partition coefficient (Wildman–Crippen LogP) is 11.4. The van der Waals surface area contributed by atoms with Gasteiger partial charge in [-0.25, -0.2) is 0 Å². The topological polar surface area (TPSA) is 255 Å². The van der Waals surface area contributed by atoms with Crippen LogP contribution in [0, 0.1) is 0 Å². The molecule has 2 heterocycles. The van der Waals surface area contributed by atoms with Crippen molar-refractivity contribution in [2.45, 2.75) is 63.1 Å². The van der Waals surface area contributed by atoms with E-state index in [0.29, 0.717) is 109 Å². The number of methoxy groups -OCH3 is 2. The third-order valence-corrected chi connectivity index (χ3v) is 12.9. The Labute approximate surface area is 460 Å². The van der Waals surface area contributed by atoms with Gasteiger partial charge in [0.2, 0.25) is 0 Å². The normalized spacial score (nSPS) is 12.8. The van der Waals surface area contributed by atoms with E-state index in [1.807, 2.05) is 24.3 Å². The number of carboxylic acid groups (broad SMARTS) is 1. The summed E-state index contributed by atoms with van der Waals surface area (Å²) in [5.41, 5.74) is 15.2. The number of hydrogen-bond acceptors (Lipinski definition) is 15. The maximum absolute atomic E-state index is 12.4. The lowest BCUT2D eigenvalue weighted by Gasteiger charge is -2.16. The Kier molecular flexibility index (Phi) is 19.5. The van der Waals surface area contributed by atoms with Gasteiger partial charge in [0, 0.05) is 69.2 Å². The van der Waals surface area contributed by atoms with Crippen LogP contribution in [-0.2, 0) is 14.3 Å². The van der Waals surface area contributed by atoms with Crippen LogP contribution in [0.2, 0.25) is 5.02 Å². The number of anilines is 2. The molecule has 1 saturated carbocycles. The second-order valence-corrected chi connectivity index (χ2v) is 18.7. The van der Waals surface area contributed by atoms with Crippen LogP contribution in [0.15, 0.2) is 152 Å². The van der Waals surface area contributed by atoms with Gasteiger partial charge in [-0.3, -0.25) is 29.1 Å². The third-order valence-electron chi connectivity index (χ3n) is 12.6. The molecule has 2 atom stereocenters. The number of nitrogens with two attached hydrogens (primary N) is 2. The number of nitrogens with one attached hydrogen (secondary N) is 2. The molecule has 0 radical (unpaired) electrons. The van der Waals surface area contributed by atoms with Crippen LogP contribution in [-0.4, -0.2) is 84.4 Å². The third kappa shape index (κ3) is 15.6. The average molecular weight is 1090 g/mol. The van der Waals surface area contributed by atoms with E-state index in [1.54, 1.807) is 135 Å². The van der Waals surface area contributed by atoms with Crippen LogP contribution in [0.4, 0.5) is 11.4 Å². The number of carbonyl (C=O) groups is 4. The van der Waals surface area contributed by atoms with Crippen molar-refractivity contribution in [2.75, 3.05) is 38.1 Å². The predicted molar refractivity (Wildman–Crippen MR) is 300 cm³/mol. The minimum atomic E-state index is -1.09. The number of halogens is 1. The zero-order chi connectivity index (χ0) is 55.7. The fourth-order valence-corrected chi connectivity index (χ4v) is 8.45. The van der Waals surface area contributed by atoms with Gasteiger partial charge in [0.15, 0.2) is 23.0 Å². The van der Waals surface area contributed by atoms with Crippen molar-refractivity contribution in [1.29, 1.82) is 0 Å². The molecule has 2 amide bonds. The number of aromatic nitrogens is 2. The van der Waals surface area contributed by atoms with Crippen molar-refractivity contribution in [2.24, 2.45) is 11.5 Å². The molecule has 7 N–H and O–H groups in total. The number of esters is 1. The first-order chi connectivity index (χ1) is 38.3. The Morgan fingerprint density at radius 1 is 0.595 bits per heavy atom. The summed E-state index contributed by atoms with van der Waals surface area (Å²) < 4.78 is 40.5. The highest BCUT2D eigenvalue weighted by Crippen LogP contribution is 2.39. The zero-order valence-electron chi connectivity index (χ0n) is 43.4. The number of aliphatic carboxylic acids is 1. The molecule has 0 spiro atoms. The van der Waals surface area contributed by atoms with E-state index in [4.69, 9.17) is 61.3 Å². The SMILES string of the molecule is COc1cc2c(Oc3ccc(NC(=O)c4ccc(Cl)cc4)cc3)ccnc2cc1OCC[C@H](N)C(=O)O.COc1cc2c(Oc3ccc(NC(=O)c4ccccc4)cc3)ccnc2cc1OCCC[C@H](N)C(=O)OC1CCCC1. The number of carboxylic acids is 1. The first-order valence-corrected chi connectivity index (χ1v) is 25.8. The summed E-state index contributed by atoms with van der Waals surface area (Å²) in [6.45, 7) is 0.460. The van der Waals surface area contributed by atoms with Gasteiger partial charge in [-0.15, -0.1) is 0 Å². The summed E-state index contributed by atoms with van der Waals surface area (Å²) in [5, 5.41) is 16.6. The largest absolute Gasteiger partial charge is 0.493 e. The lowest BCUT2D eigenvalue weighted by atomic mass is 10.1. The van der Waals surface area contributed by atoms with Crippen molar-refractivity contribution in [3.05, 3.63) is 168 Å². The van der Waals surface area contributed by atoms with Gasteiger partial charge in [-0.05, 0) is 148 Å². The second-order valence-electron chi connectivity index (χ2n) is 18.2. The molecule has 1 aliphatic rings. The summed E-state index contributed by atoms with van der Waals surface area (Å²) >= 11 is 5.88. The first-order valence-electron chi connectivity index (χ1n) is 25.5. The Morgan fingerprint density at radius 2 is 1.09 bits per heavy atom. The molecule has 1 aliphatic carbocycles. The minimum absolute atomic E-state index is 0.00926. The number of amides is 2. The van der Waals surface area contributed by atoms with E-state index in [-0.39, 0.29) is 36.9 Å². The van der Waals surface area contributed by atoms with Crippen LogP contribution in [0.3, 0.4) is 0 Å². The van der Waals surface area contributed by atoms with E-state index in [1.165, 1.54) is 7.11 Å². The molecule has 0 unspecified atom stereocenters. The lowest BCUT2D eigenvalue weighted by molar-refractivity contribution is -0.150. The molecule has 19 heteroatoms. The van der Waals surface area contributed by atoms with Gasteiger partial charge < -0.3 is 60.4 Å². The molecule has 0 bridgehead atoms. The van der Waals surface area contributed by atoms with Crippen molar-refractivity contribution in [3.63, 3.8) is 0 Å². The number of pyridine rings is 2. The average Bonchev–Trinajstić information content (AvgIpc) is 4.06. The molecule has 0 aliphatic heterocycles. The van der Waals surface area contributed by atoms with Crippen LogP contribution < -0.4 is 50.5 Å². The molecule has 79 heavy (non-hydrogen) atoms. The summed E-state index contributed by atoms with van der Waals surface area (Å²) in [4.78, 5) is 56.9. The van der Waals surface area contributed by atoms with Gasteiger partial charge in [-0.1, -0.05) is 29.8 Å².